The number of para-hydroxylation sites is 1. The number of hydrogen-bond donors (Lipinski definition) is 0. The smallest absolute Gasteiger partial charge is 0.230 e. The number of fused-ring (bicyclic) bond motifs is 1. The lowest BCUT2D eigenvalue weighted by Gasteiger charge is -2.17. The van der Waals surface area contributed by atoms with E-state index in [1.807, 2.05) is 35.2 Å². The number of ether oxygens (including phenoxy) is 1. The lowest BCUT2D eigenvalue weighted by atomic mass is 10.2. The first kappa shape index (κ1) is 12.7. The largest absolute Gasteiger partial charge is 0.491 e. The molecule has 1 aromatic carbocycles. The molecule has 1 aliphatic heterocycles. The Morgan fingerprint density at radius 3 is 3.00 bits per heavy atom. The van der Waals surface area contributed by atoms with E-state index in [1.54, 1.807) is 12.4 Å². The van der Waals surface area contributed by atoms with Crippen molar-refractivity contribution in [3.05, 3.63) is 54.4 Å². The SMILES string of the molecule is O=C(CCOc1cccnc1)N1CCc2ccccc21. The number of aromatic nitrogens is 1. The number of carbonyl (C=O) groups excluding carboxylic acids is 1. The van der Waals surface area contributed by atoms with Gasteiger partial charge in [0, 0.05) is 18.4 Å². The van der Waals surface area contributed by atoms with Gasteiger partial charge in [0.05, 0.1) is 19.2 Å². The molecule has 0 saturated heterocycles. The molecule has 20 heavy (non-hydrogen) atoms. The number of hydrogen-bond acceptors (Lipinski definition) is 3. The van der Waals surface area contributed by atoms with E-state index in [0.717, 1.165) is 18.7 Å². The summed E-state index contributed by atoms with van der Waals surface area (Å²) in [5.41, 5.74) is 2.29. The van der Waals surface area contributed by atoms with Crippen molar-refractivity contribution in [3.63, 3.8) is 0 Å². The van der Waals surface area contributed by atoms with Gasteiger partial charge in [0.1, 0.15) is 5.75 Å². The van der Waals surface area contributed by atoms with Crippen molar-refractivity contribution in [3.8, 4) is 5.75 Å². The van der Waals surface area contributed by atoms with E-state index in [-0.39, 0.29) is 5.91 Å². The lowest BCUT2D eigenvalue weighted by molar-refractivity contribution is -0.119. The Balaban J connectivity index is 1.56. The Bertz CT molecular complexity index is 598. The van der Waals surface area contributed by atoms with Gasteiger partial charge in [-0.1, -0.05) is 18.2 Å². The summed E-state index contributed by atoms with van der Waals surface area (Å²) in [6, 6.07) is 11.7. The molecule has 0 bridgehead atoms. The van der Waals surface area contributed by atoms with Crippen LogP contribution in [0.5, 0.6) is 5.75 Å². The first-order chi connectivity index (χ1) is 9.84. The van der Waals surface area contributed by atoms with Gasteiger partial charge in [0.15, 0.2) is 0 Å². The van der Waals surface area contributed by atoms with Crippen molar-refractivity contribution < 1.29 is 9.53 Å². The minimum Gasteiger partial charge on any atom is -0.491 e. The predicted octanol–water partition coefficient (Wildman–Crippen LogP) is 2.44. The van der Waals surface area contributed by atoms with Gasteiger partial charge in [-0.15, -0.1) is 0 Å². The topological polar surface area (TPSA) is 42.4 Å². The van der Waals surface area contributed by atoms with Gasteiger partial charge in [0.2, 0.25) is 5.91 Å². The van der Waals surface area contributed by atoms with E-state index in [2.05, 4.69) is 11.1 Å². The van der Waals surface area contributed by atoms with Crippen molar-refractivity contribution in [2.24, 2.45) is 0 Å². The van der Waals surface area contributed by atoms with Crippen LogP contribution in [0.25, 0.3) is 0 Å². The molecule has 4 heteroatoms. The monoisotopic (exact) mass is 268 g/mol. The van der Waals surface area contributed by atoms with Crippen LogP contribution in [-0.2, 0) is 11.2 Å². The highest BCUT2D eigenvalue weighted by atomic mass is 16.5. The van der Waals surface area contributed by atoms with Crippen LogP contribution in [0.2, 0.25) is 0 Å². The zero-order chi connectivity index (χ0) is 13.8. The molecule has 0 fully saturated rings. The standard InChI is InChI=1S/C16H16N2O2/c19-16(8-11-20-14-5-3-9-17-12-14)18-10-7-13-4-1-2-6-15(13)18/h1-6,9,12H,7-8,10-11H2. The summed E-state index contributed by atoms with van der Waals surface area (Å²) in [6.45, 7) is 1.15. The van der Waals surface area contributed by atoms with Gasteiger partial charge < -0.3 is 9.64 Å². The van der Waals surface area contributed by atoms with Crippen molar-refractivity contribution >= 4 is 11.6 Å². The number of anilines is 1. The summed E-state index contributed by atoms with van der Waals surface area (Å²) in [7, 11) is 0. The molecule has 0 atom stereocenters. The summed E-state index contributed by atoms with van der Waals surface area (Å²) in [5.74, 6) is 0.806. The number of rotatable bonds is 4. The second-order valence-corrected chi connectivity index (χ2v) is 4.71. The maximum atomic E-state index is 12.2. The van der Waals surface area contributed by atoms with E-state index >= 15 is 0 Å². The Morgan fingerprint density at radius 1 is 1.25 bits per heavy atom. The van der Waals surface area contributed by atoms with Crippen LogP contribution < -0.4 is 9.64 Å². The van der Waals surface area contributed by atoms with Crippen LogP contribution >= 0.6 is 0 Å². The average Bonchev–Trinajstić information content (AvgIpc) is 2.92. The van der Waals surface area contributed by atoms with Crippen LogP contribution in [0.1, 0.15) is 12.0 Å². The van der Waals surface area contributed by atoms with Crippen molar-refractivity contribution in [1.82, 2.24) is 4.98 Å². The average molecular weight is 268 g/mol. The van der Waals surface area contributed by atoms with Gasteiger partial charge in [-0.3, -0.25) is 9.78 Å². The second kappa shape index (κ2) is 5.74. The molecule has 1 aliphatic rings. The van der Waals surface area contributed by atoms with Crippen LogP contribution in [0, 0.1) is 0 Å². The molecule has 0 radical (unpaired) electrons. The van der Waals surface area contributed by atoms with Crippen LogP contribution in [0.15, 0.2) is 48.8 Å². The maximum absolute atomic E-state index is 12.2. The second-order valence-electron chi connectivity index (χ2n) is 4.71. The molecule has 0 aliphatic carbocycles. The van der Waals surface area contributed by atoms with Crippen molar-refractivity contribution in [1.29, 1.82) is 0 Å². The van der Waals surface area contributed by atoms with E-state index in [0.29, 0.717) is 18.8 Å². The predicted molar refractivity (Wildman–Crippen MR) is 76.8 cm³/mol. The zero-order valence-electron chi connectivity index (χ0n) is 11.2. The Morgan fingerprint density at radius 2 is 2.15 bits per heavy atom. The Labute approximate surface area is 118 Å². The maximum Gasteiger partial charge on any atom is 0.230 e. The third kappa shape index (κ3) is 2.64. The van der Waals surface area contributed by atoms with Gasteiger partial charge in [-0.2, -0.15) is 0 Å². The van der Waals surface area contributed by atoms with E-state index in [1.165, 1.54) is 5.56 Å². The van der Waals surface area contributed by atoms with Crippen LogP contribution in [-0.4, -0.2) is 24.0 Å². The third-order valence-corrected chi connectivity index (χ3v) is 3.41. The summed E-state index contributed by atoms with van der Waals surface area (Å²) in [4.78, 5) is 18.0. The van der Waals surface area contributed by atoms with E-state index in [4.69, 9.17) is 4.74 Å². The highest BCUT2D eigenvalue weighted by molar-refractivity contribution is 5.95. The Hall–Kier alpha value is -2.36. The molecule has 2 heterocycles. The first-order valence-corrected chi connectivity index (χ1v) is 6.76. The summed E-state index contributed by atoms with van der Waals surface area (Å²) in [6.07, 6.45) is 4.66. The lowest BCUT2D eigenvalue weighted by Crippen LogP contribution is -2.30. The summed E-state index contributed by atoms with van der Waals surface area (Å²) < 4.78 is 5.51. The molecular weight excluding hydrogens is 252 g/mol. The minimum absolute atomic E-state index is 0.110. The van der Waals surface area contributed by atoms with Crippen LogP contribution in [0.3, 0.4) is 0 Å². The molecule has 0 saturated carbocycles. The molecule has 1 amide bonds. The fraction of sp³-hybridized carbons (Fsp3) is 0.250. The summed E-state index contributed by atoms with van der Waals surface area (Å²) in [5, 5.41) is 0. The van der Waals surface area contributed by atoms with Crippen molar-refractivity contribution in [2.45, 2.75) is 12.8 Å². The van der Waals surface area contributed by atoms with E-state index in [9.17, 15) is 4.79 Å². The molecule has 0 unspecified atom stereocenters. The van der Waals surface area contributed by atoms with Gasteiger partial charge >= 0.3 is 0 Å². The minimum atomic E-state index is 0.110. The Kier molecular flexibility index (Phi) is 3.63. The third-order valence-electron chi connectivity index (χ3n) is 3.41. The molecule has 3 rings (SSSR count). The molecule has 102 valence electrons. The highest BCUT2D eigenvalue weighted by Gasteiger charge is 2.23. The first-order valence-electron chi connectivity index (χ1n) is 6.76. The quantitative estimate of drug-likeness (QED) is 0.855. The normalized spacial score (nSPS) is 13.1. The molecule has 1 aromatic heterocycles. The number of amides is 1. The number of carbonyl (C=O) groups is 1. The number of nitrogens with zero attached hydrogens (tertiary/aromatic N) is 2. The molecular formula is C16H16N2O2. The molecule has 0 N–H and O–H groups in total. The number of benzene rings is 1. The van der Waals surface area contributed by atoms with Crippen LogP contribution in [0.4, 0.5) is 5.69 Å². The van der Waals surface area contributed by atoms with Crippen molar-refractivity contribution in [2.75, 3.05) is 18.1 Å². The highest BCUT2D eigenvalue weighted by Crippen LogP contribution is 2.27. The summed E-state index contributed by atoms with van der Waals surface area (Å²) >= 11 is 0. The fourth-order valence-corrected chi connectivity index (χ4v) is 2.42. The van der Waals surface area contributed by atoms with Gasteiger partial charge in [-0.05, 0) is 30.2 Å². The number of pyridine rings is 1. The van der Waals surface area contributed by atoms with Gasteiger partial charge in [-0.25, -0.2) is 0 Å². The molecule has 4 nitrogen and oxygen atoms in total. The molecule has 0 spiro atoms. The fourth-order valence-electron chi connectivity index (χ4n) is 2.42. The van der Waals surface area contributed by atoms with Gasteiger partial charge in [0.25, 0.3) is 0 Å². The van der Waals surface area contributed by atoms with E-state index < -0.39 is 0 Å². The zero-order valence-corrected chi connectivity index (χ0v) is 11.2. The molecule has 2 aromatic rings.